The predicted molar refractivity (Wildman–Crippen MR) is 104 cm³/mol. The van der Waals surface area contributed by atoms with Crippen LogP contribution in [0.5, 0.6) is 0 Å². The number of aryl methyl sites for hydroxylation is 1. The quantitative estimate of drug-likeness (QED) is 0.770. The zero-order chi connectivity index (χ0) is 17.7. The van der Waals surface area contributed by atoms with E-state index in [2.05, 4.69) is 55.4 Å². The Hall–Kier alpha value is -1.62. The number of amides is 1. The van der Waals surface area contributed by atoms with Gasteiger partial charge in [0.15, 0.2) is 5.11 Å². The fourth-order valence-corrected chi connectivity index (χ4v) is 3.79. The van der Waals surface area contributed by atoms with E-state index in [9.17, 15) is 4.79 Å². The number of hydrogen-bond acceptors (Lipinski definition) is 2. The van der Waals surface area contributed by atoms with Gasteiger partial charge in [0, 0.05) is 30.2 Å². The molecule has 0 aromatic heterocycles. The van der Waals surface area contributed by atoms with Gasteiger partial charge in [-0.1, -0.05) is 19.1 Å². The third kappa shape index (κ3) is 5.20. The van der Waals surface area contributed by atoms with Crippen LogP contribution in [0.4, 0.5) is 5.69 Å². The van der Waals surface area contributed by atoms with Crippen molar-refractivity contribution in [3.8, 4) is 0 Å². The van der Waals surface area contributed by atoms with E-state index in [1.54, 1.807) is 0 Å². The molecule has 132 valence electrons. The molecule has 2 N–H and O–H groups in total. The van der Waals surface area contributed by atoms with Gasteiger partial charge in [0.2, 0.25) is 5.91 Å². The van der Waals surface area contributed by atoms with Gasteiger partial charge in [-0.2, -0.15) is 0 Å². The second kappa shape index (κ2) is 7.97. The van der Waals surface area contributed by atoms with E-state index in [0.717, 1.165) is 36.6 Å². The molecule has 0 unspecified atom stereocenters. The number of benzene rings is 1. The molecule has 0 saturated carbocycles. The molecular weight excluding hydrogens is 318 g/mol. The minimum absolute atomic E-state index is 0.0506. The van der Waals surface area contributed by atoms with E-state index in [1.807, 2.05) is 12.1 Å². The van der Waals surface area contributed by atoms with Crippen LogP contribution in [0.1, 0.15) is 52.5 Å². The van der Waals surface area contributed by atoms with Gasteiger partial charge in [-0.25, -0.2) is 0 Å². The molecule has 4 nitrogen and oxygen atoms in total. The third-order valence-electron chi connectivity index (χ3n) is 4.49. The Morgan fingerprint density at radius 3 is 2.62 bits per heavy atom. The van der Waals surface area contributed by atoms with Gasteiger partial charge in [-0.15, -0.1) is 0 Å². The molecule has 24 heavy (non-hydrogen) atoms. The molecule has 0 aliphatic carbocycles. The molecular formula is C19H29N3OS. The third-order valence-corrected chi connectivity index (χ3v) is 4.83. The topological polar surface area (TPSA) is 44.4 Å². The largest absolute Gasteiger partial charge is 0.358 e. The van der Waals surface area contributed by atoms with Crippen LogP contribution in [-0.2, 0) is 11.2 Å². The fraction of sp³-hybridized carbons (Fsp3) is 0.579. The number of carbonyl (C=O) groups excluding carboxylic acids is 1. The van der Waals surface area contributed by atoms with E-state index in [-0.39, 0.29) is 11.4 Å². The highest BCUT2D eigenvalue weighted by Crippen LogP contribution is 2.22. The summed E-state index contributed by atoms with van der Waals surface area (Å²) in [6, 6.07) is 8.43. The Kier molecular flexibility index (Phi) is 6.21. The molecule has 0 bridgehead atoms. The number of thiocarbonyl (C=S) groups is 1. The molecule has 1 aliphatic rings. The Morgan fingerprint density at radius 2 is 2.04 bits per heavy atom. The first-order chi connectivity index (χ1) is 11.3. The van der Waals surface area contributed by atoms with Crippen LogP contribution in [0.2, 0.25) is 0 Å². The van der Waals surface area contributed by atoms with Gasteiger partial charge in [0.25, 0.3) is 0 Å². The van der Waals surface area contributed by atoms with Crippen molar-refractivity contribution in [2.45, 2.75) is 65.0 Å². The zero-order valence-corrected chi connectivity index (χ0v) is 16.0. The lowest BCUT2D eigenvalue weighted by molar-refractivity contribution is -0.116. The van der Waals surface area contributed by atoms with Crippen molar-refractivity contribution < 1.29 is 4.79 Å². The monoisotopic (exact) mass is 347 g/mol. The van der Waals surface area contributed by atoms with Gasteiger partial charge >= 0.3 is 0 Å². The van der Waals surface area contributed by atoms with Gasteiger partial charge in [-0.05, 0) is 69.9 Å². The Morgan fingerprint density at radius 1 is 1.38 bits per heavy atom. The lowest BCUT2D eigenvalue weighted by atomic mass is 9.93. The standard InChI is InChI=1S/C19H29N3OS/c1-5-15-8-10-16(11-9-15)20-17(23)7-6-12-22-14(2)13-19(3,4)21-18(22)24/h8-11,14H,5-7,12-13H2,1-4H3,(H,20,23)(H,21,24)/t14-/m1/s1. The van der Waals surface area contributed by atoms with Crippen molar-refractivity contribution in [1.82, 2.24) is 10.2 Å². The first-order valence-electron chi connectivity index (χ1n) is 8.78. The van der Waals surface area contributed by atoms with E-state index in [4.69, 9.17) is 12.2 Å². The average molecular weight is 348 g/mol. The van der Waals surface area contributed by atoms with Crippen LogP contribution in [0.3, 0.4) is 0 Å². The van der Waals surface area contributed by atoms with Crippen LogP contribution in [0.15, 0.2) is 24.3 Å². The minimum atomic E-state index is 0.0506. The molecule has 0 radical (unpaired) electrons. The molecule has 1 aromatic carbocycles. The van der Waals surface area contributed by atoms with Crippen LogP contribution < -0.4 is 10.6 Å². The van der Waals surface area contributed by atoms with Crippen molar-refractivity contribution in [2.24, 2.45) is 0 Å². The molecule has 1 aliphatic heterocycles. The van der Waals surface area contributed by atoms with Gasteiger partial charge in [0.1, 0.15) is 0 Å². The lowest BCUT2D eigenvalue weighted by Gasteiger charge is -2.44. The van der Waals surface area contributed by atoms with E-state index in [0.29, 0.717) is 12.5 Å². The molecule has 1 heterocycles. The summed E-state index contributed by atoms with van der Waals surface area (Å²) in [6.07, 6.45) is 3.35. The average Bonchev–Trinajstić information content (AvgIpc) is 2.49. The van der Waals surface area contributed by atoms with E-state index >= 15 is 0 Å². The molecule has 1 amide bonds. The number of anilines is 1. The van der Waals surface area contributed by atoms with Crippen molar-refractivity contribution in [1.29, 1.82) is 0 Å². The van der Waals surface area contributed by atoms with Gasteiger partial charge in [-0.3, -0.25) is 4.79 Å². The number of nitrogens with one attached hydrogen (secondary N) is 2. The molecule has 2 rings (SSSR count). The molecule has 5 heteroatoms. The molecule has 1 aromatic rings. The summed E-state index contributed by atoms with van der Waals surface area (Å²) >= 11 is 5.48. The van der Waals surface area contributed by atoms with E-state index < -0.39 is 0 Å². The Bertz CT molecular complexity index is 583. The number of hydrogen-bond donors (Lipinski definition) is 2. The SMILES string of the molecule is CCc1ccc(NC(=O)CCCN2C(=S)NC(C)(C)C[C@H]2C)cc1. The summed E-state index contributed by atoms with van der Waals surface area (Å²) < 4.78 is 0. The first-order valence-corrected chi connectivity index (χ1v) is 9.19. The minimum Gasteiger partial charge on any atom is -0.358 e. The lowest BCUT2D eigenvalue weighted by Crippen LogP contribution is -2.60. The summed E-state index contributed by atoms with van der Waals surface area (Å²) in [7, 11) is 0. The van der Waals surface area contributed by atoms with Crippen molar-refractivity contribution in [3.05, 3.63) is 29.8 Å². The highest BCUT2D eigenvalue weighted by molar-refractivity contribution is 7.80. The summed E-state index contributed by atoms with van der Waals surface area (Å²) in [5.41, 5.74) is 2.19. The number of rotatable bonds is 6. The normalized spacial score (nSPS) is 19.8. The van der Waals surface area contributed by atoms with E-state index in [1.165, 1.54) is 5.56 Å². The molecule has 1 saturated heterocycles. The number of nitrogens with zero attached hydrogens (tertiary/aromatic N) is 1. The molecule has 1 fully saturated rings. The van der Waals surface area contributed by atoms with Crippen molar-refractivity contribution >= 4 is 28.9 Å². The van der Waals surface area contributed by atoms with Crippen LogP contribution in [0.25, 0.3) is 0 Å². The van der Waals surface area contributed by atoms with Crippen molar-refractivity contribution in [3.63, 3.8) is 0 Å². The Labute approximate surface area is 151 Å². The van der Waals surface area contributed by atoms with Crippen molar-refractivity contribution in [2.75, 3.05) is 11.9 Å². The second-order valence-electron chi connectivity index (χ2n) is 7.26. The summed E-state index contributed by atoms with van der Waals surface area (Å²) in [6.45, 7) is 9.47. The predicted octanol–water partition coefficient (Wildman–Crippen LogP) is 3.72. The smallest absolute Gasteiger partial charge is 0.224 e. The zero-order valence-electron chi connectivity index (χ0n) is 15.2. The molecule has 0 spiro atoms. The second-order valence-corrected chi connectivity index (χ2v) is 7.65. The maximum Gasteiger partial charge on any atom is 0.224 e. The molecule has 1 atom stereocenters. The first kappa shape index (κ1) is 18.7. The van der Waals surface area contributed by atoms with Gasteiger partial charge < -0.3 is 15.5 Å². The highest BCUT2D eigenvalue weighted by atomic mass is 32.1. The Balaban J connectivity index is 1.77. The fourth-order valence-electron chi connectivity index (χ4n) is 3.24. The summed E-state index contributed by atoms with van der Waals surface area (Å²) in [5.74, 6) is 0.0584. The highest BCUT2D eigenvalue weighted by Gasteiger charge is 2.32. The van der Waals surface area contributed by atoms with Crippen LogP contribution in [0, 0.1) is 0 Å². The number of carbonyl (C=O) groups is 1. The van der Waals surface area contributed by atoms with Crippen LogP contribution >= 0.6 is 12.2 Å². The summed E-state index contributed by atoms with van der Waals surface area (Å²) in [5, 5.41) is 7.14. The maximum atomic E-state index is 12.1. The van der Waals surface area contributed by atoms with Gasteiger partial charge in [0.05, 0.1) is 0 Å². The summed E-state index contributed by atoms with van der Waals surface area (Å²) in [4.78, 5) is 14.3. The maximum absolute atomic E-state index is 12.1. The van der Waals surface area contributed by atoms with Crippen LogP contribution in [-0.4, -0.2) is 34.0 Å².